The maximum atomic E-state index is 14.2. The molecule has 0 amide bonds. The minimum atomic E-state index is -0.417. The van der Waals surface area contributed by atoms with Crippen molar-refractivity contribution in [1.82, 2.24) is 4.98 Å². The summed E-state index contributed by atoms with van der Waals surface area (Å²) in [6.07, 6.45) is -0.202. The number of fused-ring (bicyclic) bond motifs is 1. The third kappa shape index (κ3) is 2.59. The van der Waals surface area contributed by atoms with Crippen LogP contribution in [0, 0.1) is 12.7 Å². The number of rotatable bonds is 4. The molecule has 3 nitrogen and oxygen atoms in total. The number of aryl methyl sites for hydroxylation is 1. The van der Waals surface area contributed by atoms with Crippen LogP contribution in [0.3, 0.4) is 0 Å². The Bertz CT molecular complexity index is 557. The lowest BCUT2D eigenvalue weighted by Crippen LogP contribution is -2.18. The molecule has 0 aliphatic carbocycles. The highest BCUT2D eigenvalue weighted by Crippen LogP contribution is 2.26. The van der Waals surface area contributed by atoms with Gasteiger partial charge in [-0.25, -0.2) is 9.37 Å². The lowest BCUT2D eigenvalue weighted by atomic mass is 10.2. The average Bonchev–Trinajstić information content (AvgIpc) is 2.34. The van der Waals surface area contributed by atoms with Crippen molar-refractivity contribution in [3.8, 4) is 5.75 Å². The third-order valence-corrected chi connectivity index (χ3v) is 2.63. The summed E-state index contributed by atoms with van der Waals surface area (Å²) in [7, 11) is 1.58. The van der Waals surface area contributed by atoms with E-state index in [1.165, 1.54) is 0 Å². The number of pyridine rings is 1. The summed E-state index contributed by atoms with van der Waals surface area (Å²) >= 11 is 0. The number of ether oxygens (including phenoxy) is 2. The molecule has 2 rings (SSSR count). The molecular formula is C14H16FNO2. The highest BCUT2D eigenvalue weighted by molar-refractivity contribution is 5.80. The normalized spacial score (nSPS) is 12.7. The number of halogens is 1. The van der Waals surface area contributed by atoms with E-state index in [9.17, 15) is 4.39 Å². The highest BCUT2D eigenvalue weighted by Gasteiger charge is 2.12. The molecule has 0 saturated carbocycles. The first-order chi connectivity index (χ1) is 8.61. The molecule has 0 saturated heterocycles. The Kier molecular flexibility index (Phi) is 3.77. The van der Waals surface area contributed by atoms with Crippen LogP contribution in [0.4, 0.5) is 4.39 Å². The van der Waals surface area contributed by atoms with Gasteiger partial charge in [0.2, 0.25) is 0 Å². The van der Waals surface area contributed by atoms with E-state index >= 15 is 0 Å². The zero-order valence-corrected chi connectivity index (χ0v) is 10.7. The van der Waals surface area contributed by atoms with Crippen molar-refractivity contribution in [3.05, 3.63) is 35.8 Å². The van der Waals surface area contributed by atoms with Gasteiger partial charge in [-0.15, -0.1) is 0 Å². The van der Waals surface area contributed by atoms with Crippen LogP contribution in [0.5, 0.6) is 5.75 Å². The van der Waals surface area contributed by atoms with Gasteiger partial charge in [-0.1, -0.05) is 6.07 Å². The third-order valence-electron chi connectivity index (χ3n) is 2.63. The van der Waals surface area contributed by atoms with Crippen LogP contribution in [-0.2, 0) is 4.74 Å². The second kappa shape index (κ2) is 5.31. The molecule has 1 aromatic heterocycles. The van der Waals surface area contributed by atoms with Gasteiger partial charge in [-0.2, -0.15) is 0 Å². The summed E-state index contributed by atoms with van der Waals surface area (Å²) in [5, 5.41) is 0.768. The molecule has 0 spiro atoms. The molecule has 2 aromatic rings. The van der Waals surface area contributed by atoms with E-state index in [0.717, 1.165) is 11.1 Å². The second-order valence-electron chi connectivity index (χ2n) is 4.29. The Morgan fingerprint density at radius 1 is 1.28 bits per heavy atom. The van der Waals surface area contributed by atoms with E-state index in [0.29, 0.717) is 12.1 Å². The fourth-order valence-electron chi connectivity index (χ4n) is 1.81. The van der Waals surface area contributed by atoms with Crippen molar-refractivity contribution >= 4 is 10.9 Å². The summed E-state index contributed by atoms with van der Waals surface area (Å²) in [6.45, 7) is 4.08. The molecule has 18 heavy (non-hydrogen) atoms. The monoisotopic (exact) mass is 249 g/mol. The van der Waals surface area contributed by atoms with Gasteiger partial charge in [0, 0.05) is 18.2 Å². The van der Waals surface area contributed by atoms with Crippen LogP contribution in [0.15, 0.2) is 24.3 Å². The van der Waals surface area contributed by atoms with E-state index in [1.807, 2.05) is 26.0 Å². The predicted molar refractivity (Wildman–Crippen MR) is 68.4 cm³/mol. The molecule has 0 aliphatic rings. The predicted octanol–water partition coefficient (Wildman–Crippen LogP) is 3.10. The van der Waals surface area contributed by atoms with Gasteiger partial charge in [0.25, 0.3) is 0 Å². The molecule has 0 aliphatic heterocycles. The average molecular weight is 249 g/mol. The van der Waals surface area contributed by atoms with E-state index in [2.05, 4.69) is 4.98 Å². The second-order valence-corrected chi connectivity index (χ2v) is 4.29. The standard InChI is InChI=1S/C14H16FNO2/c1-9-4-5-11-6-7-12(13(15)14(11)16-9)18-10(2)8-17-3/h4-7,10H,8H2,1-3H3/t10-/m1/s1. The summed E-state index contributed by atoms with van der Waals surface area (Å²) < 4.78 is 24.7. The first-order valence-corrected chi connectivity index (χ1v) is 5.83. The molecule has 1 atom stereocenters. The number of methoxy groups -OCH3 is 1. The van der Waals surface area contributed by atoms with Crippen LogP contribution >= 0.6 is 0 Å². The van der Waals surface area contributed by atoms with Crippen molar-refractivity contribution in [3.63, 3.8) is 0 Å². The van der Waals surface area contributed by atoms with Crippen LogP contribution in [0.1, 0.15) is 12.6 Å². The Balaban J connectivity index is 2.37. The van der Waals surface area contributed by atoms with Crippen LogP contribution < -0.4 is 4.74 Å². The summed E-state index contributed by atoms with van der Waals surface area (Å²) in [6, 6.07) is 7.14. The molecular weight excluding hydrogens is 233 g/mol. The Morgan fingerprint density at radius 2 is 2.00 bits per heavy atom. The number of hydrogen-bond acceptors (Lipinski definition) is 3. The SMILES string of the molecule is COC[C@@H](C)Oc1ccc2ccc(C)nc2c1F. The molecule has 96 valence electrons. The van der Waals surface area contributed by atoms with Crippen LogP contribution in [-0.4, -0.2) is 24.8 Å². The van der Waals surface area contributed by atoms with Gasteiger partial charge < -0.3 is 9.47 Å². The van der Waals surface area contributed by atoms with Crippen LogP contribution in [0.2, 0.25) is 0 Å². The fraction of sp³-hybridized carbons (Fsp3) is 0.357. The number of hydrogen-bond donors (Lipinski definition) is 0. The Labute approximate surface area is 106 Å². The van der Waals surface area contributed by atoms with Crippen LogP contribution in [0.25, 0.3) is 10.9 Å². The Hall–Kier alpha value is -1.68. The zero-order valence-electron chi connectivity index (χ0n) is 10.7. The molecule has 1 heterocycles. The lowest BCUT2D eigenvalue weighted by Gasteiger charge is -2.14. The Morgan fingerprint density at radius 3 is 2.72 bits per heavy atom. The molecule has 0 bridgehead atoms. The maximum Gasteiger partial charge on any atom is 0.191 e. The highest BCUT2D eigenvalue weighted by atomic mass is 19.1. The van der Waals surface area contributed by atoms with Gasteiger partial charge >= 0.3 is 0 Å². The largest absolute Gasteiger partial charge is 0.485 e. The molecule has 0 unspecified atom stereocenters. The first-order valence-electron chi connectivity index (χ1n) is 5.83. The van der Waals surface area contributed by atoms with Crippen molar-refractivity contribution in [2.75, 3.05) is 13.7 Å². The number of benzene rings is 1. The molecule has 4 heteroatoms. The van der Waals surface area contributed by atoms with Crippen molar-refractivity contribution in [2.45, 2.75) is 20.0 Å². The van der Waals surface area contributed by atoms with Crippen molar-refractivity contribution in [2.24, 2.45) is 0 Å². The van der Waals surface area contributed by atoms with Gasteiger partial charge in [-0.3, -0.25) is 0 Å². The van der Waals surface area contributed by atoms with E-state index in [4.69, 9.17) is 9.47 Å². The summed E-state index contributed by atoms with van der Waals surface area (Å²) in [5.41, 5.74) is 1.13. The van der Waals surface area contributed by atoms with Gasteiger partial charge in [-0.05, 0) is 32.0 Å². The van der Waals surface area contributed by atoms with Gasteiger partial charge in [0.15, 0.2) is 11.6 Å². The van der Waals surface area contributed by atoms with Crippen molar-refractivity contribution < 1.29 is 13.9 Å². The minimum Gasteiger partial charge on any atom is -0.485 e. The fourth-order valence-corrected chi connectivity index (χ4v) is 1.81. The van der Waals surface area contributed by atoms with E-state index in [1.54, 1.807) is 19.2 Å². The minimum absolute atomic E-state index is 0.202. The van der Waals surface area contributed by atoms with E-state index in [-0.39, 0.29) is 11.9 Å². The number of nitrogens with zero attached hydrogens (tertiary/aromatic N) is 1. The van der Waals surface area contributed by atoms with Crippen molar-refractivity contribution in [1.29, 1.82) is 0 Å². The topological polar surface area (TPSA) is 31.4 Å². The smallest absolute Gasteiger partial charge is 0.191 e. The maximum absolute atomic E-state index is 14.2. The quantitative estimate of drug-likeness (QED) is 0.834. The van der Waals surface area contributed by atoms with Gasteiger partial charge in [0.05, 0.1) is 6.61 Å². The van der Waals surface area contributed by atoms with E-state index < -0.39 is 5.82 Å². The summed E-state index contributed by atoms with van der Waals surface area (Å²) in [5.74, 6) is -0.204. The first kappa shape index (κ1) is 12.8. The summed E-state index contributed by atoms with van der Waals surface area (Å²) in [4.78, 5) is 4.20. The molecule has 0 fully saturated rings. The molecule has 1 aromatic carbocycles. The lowest BCUT2D eigenvalue weighted by molar-refractivity contribution is 0.0895. The molecule has 0 radical (unpaired) electrons. The number of aromatic nitrogens is 1. The molecule has 0 N–H and O–H groups in total. The zero-order chi connectivity index (χ0) is 13.1. The van der Waals surface area contributed by atoms with Gasteiger partial charge in [0.1, 0.15) is 11.6 Å².